The van der Waals surface area contributed by atoms with E-state index >= 15 is 0 Å². The second-order valence-electron chi connectivity index (χ2n) is 5.50. The molecule has 2 heterocycles. The molecule has 1 aliphatic heterocycles. The third-order valence-electron chi connectivity index (χ3n) is 4.12. The van der Waals surface area contributed by atoms with Crippen LogP contribution in [0.25, 0.3) is 10.9 Å². The number of aromatic amines is 1. The second-order valence-corrected chi connectivity index (χ2v) is 5.50. The van der Waals surface area contributed by atoms with E-state index in [4.69, 9.17) is 0 Å². The quantitative estimate of drug-likeness (QED) is 0.867. The Morgan fingerprint density at radius 2 is 2.22 bits per heavy atom. The summed E-state index contributed by atoms with van der Waals surface area (Å²) in [5.41, 5.74) is 2.31. The van der Waals surface area contributed by atoms with Gasteiger partial charge in [-0.1, -0.05) is 12.1 Å². The number of anilines is 1. The first-order valence-corrected chi connectivity index (χ1v) is 6.83. The van der Waals surface area contributed by atoms with E-state index in [2.05, 4.69) is 38.6 Å². The van der Waals surface area contributed by atoms with E-state index in [1.54, 1.807) is 0 Å². The monoisotopic (exact) mass is 242 g/mol. The molecule has 0 amide bonds. The van der Waals surface area contributed by atoms with E-state index in [9.17, 15) is 0 Å². The van der Waals surface area contributed by atoms with Crippen LogP contribution < -0.4 is 5.32 Å². The summed E-state index contributed by atoms with van der Waals surface area (Å²) in [5.74, 6) is 0. The summed E-state index contributed by atoms with van der Waals surface area (Å²) in [6.45, 7) is 2.44. The SMILES string of the molecule is c1cc(NC2CCN(C3CC3)C2)c2[nH]ncc2c1. The Kier molecular flexibility index (Phi) is 2.30. The Morgan fingerprint density at radius 3 is 3.11 bits per heavy atom. The highest BCUT2D eigenvalue weighted by Gasteiger charge is 2.34. The van der Waals surface area contributed by atoms with Crippen LogP contribution in [0.4, 0.5) is 5.69 Å². The number of nitrogens with zero attached hydrogens (tertiary/aromatic N) is 2. The standard InChI is InChI=1S/C14H18N4/c1-2-10-8-15-17-14(10)13(3-1)16-11-6-7-18(9-11)12-4-5-12/h1-3,8,11-12,16H,4-7,9H2,(H,15,17). The first kappa shape index (κ1) is 10.4. The van der Waals surface area contributed by atoms with Crippen molar-refractivity contribution in [3.05, 3.63) is 24.4 Å². The van der Waals surface area contributed by atoms with Crippen LogP contribution in [0, 0.1) is 0 Å². The third kappa shape index (κ3) is 1.77. The number of para-hydroxylation sites is 1. The Bertz CT molecular complexity index is 558. The zero-order valence-electron chi connectivity index (χ0n) is 10.4. The molecule has 2 aliphatic rings. The first-order chi connectivity index (χ1) is 8.90. The lowest BCUT2D eigenvalue weighted by atomic mass is 10.2. The maximum atomic E-state index is 4.11. The van der Waals surface area contributed by atoms with Gasteiger partial charge in [-0.25, -0.2) is 0 Å². The fraction of sp³-hybridized carbons (Fsp3) is 0.500. The van der Waals surface area contributed by atoms with Gasteiger partial charge in [-0.15, -0.1) is 0 Å². The van der Waals surface area contributed by atoms with Gasteiger partial charge in [0, 0.05) is 30.6 Å². The predicted octanol–water partition coefficient (Wildman–Crippen LogP) is 2.21. The van der Waals surface area contributed by atoms with Gasteiger partial charge in [-0.3, -0.25) is 10.00 Å². The number of hydrogen-bond acceptors (Lipinski definition) is 3. The largest absolute Gasteiger partial charge is 0.379 e. The van der Waals surface area contributed by atoms with Crippen molar-refractivity contribution in [1.29, 1.82) is 0 Å². The summed E-state index contributed by atoms with van der Waals surface area (Å²) in [7, 11) is 0. The summed E-state index contributed by atoms with van der Waals surface area (Å²) in [5, 5.41) is 12.0. The fourth-order valence-corrected chi connectivity index (χ4v) is 2.99. The van der Waals surface area contributed by atoms with Crippen molar-refractivity contribution in [3.63, 3.8) is 0 Å². The number of benzene rings is 1. The van der Waals surface area contributed by atoms with Gasteiger partial charge in [0.05, 0.1) is 17.4 Å². The van der Waals surface area contributed by atoms with E-state index in [0.29, 0.717) is 6.04 Å². The maximum absolute atomic E-state index is 4.11. The van der Waals surface area contributed by atoms with Crippen LogP contribution in [-0.4, -0.2) is 40.3 Å². The van der Waals surface area contributed by atoms with Gasteiger partial charge in [-0.2, -0.15) is 5.10 Å². The van der Waals surface area contributed by atoms with Crippen LogP contribution in [0.5, 0.6) is 0 Å². The van der Waals surface area contributed by atoms with Crippen LogP contribution in [-0.2, 0) is 0 Å². The van der Waals surface area contributed by atoms with E-state index in [-0.39, 0.29) is 0 Å². The molecule has 1 saturated carbocycles. The van der Waals surface area contributed by atoms with E-state index in [1.807, 2.05) is 6.20 Å². The minimum absolute atomic E-state index is 0.583. The fourth-order valence-electron chi connectivity index (χ4n) is 2.99. The first-order valence-electron chi connectivity index (χ1n) is 6.83. The number of hydrogen-bond donors (Lipinski definition) is 2. The smallest absolute Gasteiger partial charge is 0.0881 e. The number of fused-ring (bicyclic) bond motifs is 1. The van der Waals surface area contributed by atoms with Crippen LogP contribution in [0.1, 0.15) is 19.3 Å². The average Bonchev–Trinajstić information content (AvgIpc) is 2.94. The molecule has 0 radical (unpaired) electrons. The molecule has 18 heavy (non-hydrogen) atoms. The predicted molar refractivity (Wildman–Crippen MR) is 72.7 cm³/mol. The summed E-state index contributed by atoms with van der Waals surface area (Å²) < 4.78 is 0. The summed E-state index contributed by atoms with van der Waals surface area (Å²) in [4.78, 5) is 2.63. The highest BCUT2D eigenvalue weighted by atomic mass is 15.2. The Labute approximate surface area is 106 Å². The minimum Gasteiger partial charge on any atom is -0.379 e. The van der Waals surface area contributed by atoms with E-state index in [1.165, 1.54) is 43.4 Å². The van der Waals surface area contributed by atoms with E-state index < -0.39 is 0 Å². The molecule has 1 aromatic heterocycles. The molecule has 1 unspecified atom stereocenters. The van der Waals surface area contributed by atoms with Crippen molar-refractivity contribution < 1.29 is 0 Å². The molecular formula is C14H18N4. The molecule has 1 saturated heterocycles. The summed E-state index contributed by atoms with van der Waals surface area (Å²) in [6.07, 6.45) is 5.94. The molecule has 4 nitrogen and oxygen atoms in total. The van der Waals surface area contributed by atoms with Gasteiger partial charge in [0.1, 0.15) is 0 Å². The molecule has 2 N–H and O–H groups in total. The molecule has 1 atom stereocenters. The molecular weight excluding hydrogens is 224 g/mol. The number of nitrogens with one attached hydrogen (secondary N) is 2. The normalized spacial score (nSPS) is 24.8. The van der Waals surface area contributed by atoms with Crippen molar-refractivity contribution in [3.8, 4) is 0 Å². The Hall–Kier alpha value is -1.55. The van der Waals surface area contributed by atoms with Crippen molar-refractivity contribution in [2.45, 2.75) is 31.3 Å². The highest BCUT2D eigenvalue weighted by molar-refractivity contribution is 5.90. The summed E-state index contributed by atoms with van der Waals surface area (Å²) >= 11 is 0. The van der Waals surface area contributed by atoms with Gasteiger partial charge in [-0.05, 0) is 25.3 Å². The van der Waals surface area contributed by atoms with Crippen molar-refractivity contribution >= 4 is 16.6 Å². The Morgan fingerprint density at radius 1 is 1.28 bits per heavy atom. The zero-order valence-corrected chi connectivity index (χ0v) is 10.4. The number of aromatic nitrogens is 2. The lowest BCUT2D eigenvalue weighted by Crippen LogP contribution is -2.27. The van der Waals surface area contributed by atoms with Crippen molar-refractivity contribution in [2.24, 2.45) is 0 Å². The topological polar surface area (TPSA) is 44.0 Å². The van der Waals surface area contributed by atoms with Gasteiger partial charge in [0.2, 0.25) is 0 Å². The molecule has 0 spiro atoms. The number of H-pyrrole nitrogens is 1. The zero-order chi connectivity index (χ0) is 11.9. The molecule has 2 aromatic rings. The average molecular weight is 242 g/mol. The number of rotatable bonds is 3. The third-order valence-corrected chi connectivity index (χ3v) is 4.12. The molecule has 1 aliphatic carbocycles. The Balaban J connectivity index is 1.52. The van der Waals surface area contributed by atoms with Crippen LogP contribution >= 0.6 is 0 Å². The second kappa shape index (κ2) is 3.99. The maximum Gasteiger partial charge on any atom is 0.0881 e. The van der Waals surface area contributed by atoms with Crippen LogP contribution in [0.15, 0.2) is 24.4 Å². The molecule has 1 aromatic carbocycles. The lowest BCUT2D eigenvalue weighted by Gasteiger charge is -2.17. The van der Waals surface area contributed by atoms with Gasteiger partial charge < -0.3 is 5.32 Å². The molecule has 0 bridgehead atoms. The van der Waals surface area contributed by atoms with Crippen molar-refractivity contribution in [1.82, 2.24) is 15.1 Å². The van der Waals surface area contributed by atoms with Crippen molar-refractivity contribution in [2.75, 3.05) is 18.4 Å². The van der Waals surface area contributed by atoms with Gasteiger partial charge >= 0.3 is 0 Å². The van der Waals surface area contributed by atoms with E-state index in [0.717, 1.165) is 11.6 Å². The van der Waals surface area contributed by atoms with Gasteiger partial charge in [0.25, 0.3) is 0 Å². The van der Waals surface area contributed by atoms with Crippen LogP contribution in [0.2, 0.25) is 0 Å². The molecule has 4 heteroatoms. The highest BCUT2D eigenvalue weighted by Crippen LogP contribution is 2.31. The summed E-state index contributed by atoms with van der Waals surface area (Å²) in [6, 6.07) is 7.79. The minimum atomic E-state index is 0.583. The molecule has 4 rings (SSSR count). The lowest BCUT2D eigenvalue weighted by molar-refractivity contribution is 0.326. The molecule has 2 fully saturated rings. The van der Waals surface area contributed by atoms with Crippen LogP contribution in [0.3, 0.4) is 0 Å². The number of likely N-dealkylation sites (tertiary alicyclic amines) is 1. The van der Waals surface area contributed by atoms with Gasteiger partial charge in [0.15, 0.2) is 0 Å². The molecule has 94 valence electrons.